The van der Waals surface area contributed by atoms with Crippen molar-refractivity contribution in [2.45, 2.75) is 9.79 Å². The van der Waals surface area contributed by atoms with Gasteiger partial charge in [0.15, 0.2) is 5.75 Å². The van der Waals surface area contributed by atoms with E-state index in [9.17, 15) is 36.2 Å². The lowest BCUT2D eigenvalue weighted by atomic mass is 10.1. The molecule has 0 unspecified atom stereocenters. The van der Waals surface area contributed by atoms with Crippen LogP contribution in [0.25, 0.3) is 10.8 Å². The Balaban J connectivity index is 2.24. The average molecular weight is 504 g/mol. The molecule has 0 radical (unpaired) electrons. The van der Waals surface area contributed by atoms with Gasteiger partial charge in [-0.1, -0.05) is 0 Å². The van der Waals surface area contributed by atoms with Crippen molar-refractivity contribution in [2.24, 2.45) is 10.2 Å². The summed E-state index contributed by atoms with van der Waals surface area (Å²) >= 11 is 0. The standard InChI is InChI=1S/C16H13N2O11PS2/c19-12-7-11(31(24,25)26)5-8-6-13(32(27,28)29)15(16(20)14(8)12)18-17-9-1-3-10(4-2-9)30(21,22)23/h1-7,19-20H,(H2,21,22,23)(H,24,25,26)(H,27,28,29). The molecule has 170 valence electrons. The molecule has 0 amide bonds. The number of aromatic hydroxyl groups is 2. The van der Waals surface area contributed by atoms with Crippen molar-refractivity contribution in [3.8, 4) is 11.5 Å². The fourth-order valence-electron chi connectivity index (χ4n) is 2.70. The maximum Gasteiger partial charge on any atom is 0.356 e. The van der Waals surface area contributed by atoms with Crippen molar-refractivity contribution >= 4 is 55.3 Å². The lowest BCUT2D eigenvalue weighted by Crippen LogP contribution is -2.01. The van der Waals surface area contributed by atoms with Gasteiger partial charge in [-0.05, 0) is 41.8 Å². The second-order valence-corrected chi connectivity index (χ2v) is 10.7. The molecule has 0 atom stereocenters. The highest BCUT2D eigenvalue weighted by Crippen LogP contribution is 2.45. The van der Waals surface area contributed by atoms with E-state index in [-0.39, 0.29) is 16.4 Å². The van der Waals surface area contributed by atoms with E-state index in [0.29, 0.717) is 12.1 Å². The van der Waals surface area contributed by atoms with Crippen LogP contribution in [0.4, 0.5) is 11.4 Å². The normalized spacial score (nSPS) is 13.1. The highest BCUT2D eigenvalue weighted by atomic mass is 32.2. The first-order valence-corrected chi connectivity index (χ1v) is 12.6. The molecule has 0 aromatic heterocycles. The van der Waals surface area contributed by atoms with Crippen LogP contribution in [-0.2, 0) is 24.8 Å². The van der Waals surface area contributed by atoms with E-state index in [4.69, 9.17) is 14.3 Å². The molecule has 32 heavy (non-hydrogen) atoms. The van der Waals surface area contributed by atoms with Gasteiger partial charge >= 0.3 is 7.60 Å². The lowest BCUT2D eigenvalue weighted by Gasteiger charge is -2.11. The van der Waals surface area contributed by atoms with Crippen molar-refractivity contribution in [3.05, 3.63) is 42.5 Å². The van der Waals surface area contributed by atoms with E-state index < -0.39 is 60.2 Å². The maximum atomic E-state index is 11.8. The number of azo groups is 1. The van der Waals surface area contributed by atoms with Gasteiger partial charge in [0.2, 0.25) is 0 Å². The van der Waals surface area contributed by atoms with Crippen LogP contribution in [0.3, 0.4) is 0 Å². The summed E-state index contributed by atoms with van der Waals surface area (Å²) in [6.45, 7) is 0. The van der Waals surface area contributed by atoms with Crippen molar-refractivity contribution in [2.75, 3.05) is 0 Å². The van der Waals surface area contributed by atoms with Gasteiger partial charge in [-0.15, -0.1) is 5.11 Å². The van der Waals surface area contributed by atoms with Crippen LogP contribution in [0, 0.1) is 0 Å². The smallest absolute Gasteiger partial charge is 0.356 e. The van der Waals surface area contributed by atoms with E-state index in [1.807, 2.05) is 0 Å². The fourth-order valence-corrected chi connectivity index (χ4v) is 4.43. The van der Waals surface area contributed by atoms with Crippen LogP contribution < -0.4 is 5.30 Å². The molecule has 6 N–H and O–H groups in total. The third-order valence-electron chi connectivity index (χ3n) is 4.13. The number of hydrogen-bond donors (Lipinski definition) is 6. The summed E-state index contributed by atoms with van der Waals surface area (Å²) in [6.07, 6.45) is 0. The van der Waals surface area contributed by atoms with E-state index in [0.717, 1.165) is 30.3 Å². The Morgan fingerprint density at radius 1 is 0.812 bits per heavy atom. The first kappa shape index (κ1) is 23.7. The SMILES string of the molecule is O=P(O)(O)c1ccc(N=Nc2c(S(=O)(=O)O)cc3cc(S(=O)(=O)O)cc(O)c3c2O)cc1. The Morgan fingerprint density at radius 3 is 1.91 bits per heavy atom. The Hall–Kier alpha value is -2.91. The Bertz CT molecular complexity index is 1530. The van der Waals surface area contributed by atoms with Crippen molar-refractivity contribution in [1.82, 2.24) is 0 Å². The average Bonchev–Trinajstić information content (AvgIpc) is 2.64. The van der Waals surface area contributed by atoms with Crippen molar-refractivity contribution in [1.29, 1.82) is 0 Å². The summed E-state index contributed by atoms with van der Waals surface area (Å²) < 4.78 is 76.2. The quantitative estimate of drug-likeness (QED) is 0.167. The van der Waals surface area contributed by atoms with Crippen LogP contribution in [0.5, 0.6) is 11.5 Å². The minimum absolute atomic E-state index is 0.0195. The Labute approximate surface area is 180 Å². The number of phenols is 2. The number of nitrogens with zero attached hydrogens (tertiary/aromatic N) is 2. The van der Waals surface area contributed by atoms with Crippen LogP contribution in [0.1, 0.15) is 0 Å². The van der Waals surface area contributed by atoms with E-state index in [1.165, 1.54) is 0 Å². The summed E-state index contributed by atoms with van der Waals surface area (Å²) in [5.74, 6) is -1.83. The van der Waals surface area contributed by atoms with Gasteiger partial charge in [-0.2, -0.15) is 21.9 Å². The molecule has 13 nitrogen and oxygen atoms in total. The summed E-state index contributed by atoms with van der Waals surface area (Å²) in [4.78, 5) is 16.4. The highest BCUT2D eigenvalue weighted by molar-refractivity contribution is 7.86. The number of benzene rings is 3. The van der Waals surface area contributed by atoms with Gasteiger partial charge in [0.05, 0.1) is 21.3 Å². The minimum atomic E-state index is -5.05. The maximum absolute atomic E-state index is 11.8. The molecule has 0 heterocycles. The van der Waals surface area contributed by atoms with Crippen molar-refractivity contribution < 1.29 is 50.5 Å². The molecular formula is C16H13N2O11PS2. The predicted octanol–water partition coefficient (Wildman–Crippen LogP) is 1.96. The zero-order valence-electron chi connectivity index (χ0n) is 15.4. The fraction of sp³-hybridized carbons (Fsp3) is 0. The lowest BCUT2D eigenvalue weighted by molar-refractivity contribution is 0.387. The van der Waals surface area contributed by atoms with Crippen LogP contribution in [0.15, 0.2) is 62.5 Å². The largest absolute Gasteiger partial charge is 0.507 e. The van der Waals surface area contributed by atoms with Crippen LogP contribution in [0.2, 0.25) is 0 Å². The molecule has 0 aliphatic rings. The number of rotatable bonds is 5. The third kappa shape index (κ3) is 4.78. The summed E-state index contributed by atoms with van der Waals surface area (Å²) in [5, 5.41) is 26.7. The first-order valence-electron chi connectivity index (χ1n) is 8.14. The van der Waals surface area contributed by atoms with Gasteiger partial charge in [0, 0.05) is 6.07 Å². The molecule has 0 saturated carbocycles. The van der Waals surface area contributed by atoms with Gasteiger partial charge in [-0.3, -0.25) is 13.7 Å². The van der Waals surface area contributed by atoms with Gasteiger partial charge in [0.1, 0.15) is 16.3 Å². The topological polar surface area (TPSA) is 231 Å². The Morgan fingerprint density at radius 2 is 1.41 bits per heavy atom. The van der Waals surface area contributed by atoms with E-state index in [1.54, 1.807) is 0 Å². The van der Waals surface area contributed by atoms with Gasteiger partial charge in [-0.25, -0.2) is 0 Å². The molecule has 3 aromatic carbocycles. The predicted molar refractivity (Wildman–Crippen MR) is 109 cm³/mol. The monoisotopic (exact) mass is 504 g/mol. The van der Waals surface area contributed by atoms with Crippen LogP contribution in [-0.4, -0.2) is 45.9 Å². The number of hydrogen-bond acceptors (Lipinski definition) is 9. The van der Waals surface area contributed by atoms with Crippen LogP contribution >= 0.6 is 7.60 Å². The molecule has 0 spiro atoms. The second kappa shape index (κ2) is 7.90. The zero-order valence-corrected chi connectivity index (χ0v) is 18.0. The van der Waals surface area contributed by atoms with Gasteiger partial charge < -0.3 is 20.0 Å². The molecule has 0 saturated heterocycles. The second-order valence-electron chi connectivity index (χ2n) is 6.32. The molecule has 0 fully saturated rings. The highest BCUT2D eigenvalue weighted by Gasteiger charge is 2.25. The Kier molecular flexibility index (Phi) is 5.86. The summed E-state index contributed by atoms with van der Waals surface area (Å²) in [5.41, 5.74) is -0.831. The first-order chi connectivity index (χ1) is 14.6. The van der Waals surface area contributed by atoms with E-state index in [2.05, 4.69) is 10.2 Å². The zero-order chi connectivity index (χ0) is 24.1. The van der Waals surface area contributed by atoms with E-state index >= 15 is 0 Å². The summed E-state index contributed by atoms with van der Waals surface area (Å²) in [7, 11) is -14.4. The molecule has 0 bridgehead atoms. The molecule has 0 aliphatic heterocycles. The van der Waals surface area contributed by atoms with Crippen molar-refractivity contribution in [3.63, 3.8) is 0 Å². The molecule has 3 rings (SSSR count). The molecule has 0 aliphatic carbocycles. The number of phenolic OH excluding ortho intramolecular Hbond substituents is 2. The number of fused-ring (bicyclic) bond motifs is 1. The molecule has 3 aromatic rings. The third-order valence-corrected chi connectivity index (χ3v) is 6.80. The summed E-state index contributed by atoms with van der Waals surface area (Å²) in [6, 6.07) is 6.41. The molecule has 16 heteroatoms. The molecular weight excluding hydrogens is 491 g/mol. The minimum Gasteiger partial charge on any atom is -0.507 e. The van der Waals surface area contributed by atoms with Gasteiger partial charge in [0.25, 0.3) is 20.2 Å².